The van der Waals surface area contributed by atoms with Crippen molar-refractivity contribution in [2.75, 3.05) is 0 Å². The zero-order valence-electron chi connectivity index (χ0n) is 7.66. The van der Waals surface area contributed by atoms with Crippen LogP contribution in [0.4, 0.5) is 0 Å². The standard InChI is InChI=1S/C11H10ClNO/c12-11-5-8(6-13-7-14)1-4-10(11)9-2-3-9/h1,4-5,9H,2-3,6H2. The molecule has 0 radical (unpaired) electrons. The van der Waals surface area contributed by atoms with E-state index in [0.29, 0.717) is 12.5 Å². The molecule has 72 valence electrons. The number of benzene rings is 1. The van der Waals surface area contributed by atoms with Crippen molar-refractivity contribution in [3.63, 3.8) is 0 Å². The molecule has 2 nitrogen and oxygen atoms in total. The maximum absolute atomic E-state index is 9.92. The quantitative estimate of drug-likeness (QED) is 0.553. The van der Waals surface area contributed by atoms with Crippen molar-refractivity contribution in [2.24, 2.45) is 4.99 Å². The first-order valence-corrected chi connectivity index (χ1v) is 5.01. The van der Waals surface area contributed by atoms with E-state index in [9.17, 15) is 4.79 Å². The zero-order valence-corrected chi connectivity index (χ0v) is 8.42. The van der Waals surface area contributed by atoms with Gasteiger partial charge in [0, 0.05) is 5.02 Å². The summed E-state index contributed by atoms with van der Waals surface area (Å²) >= 11 is 6.10. The van der Waals surface area contributed by atoms with Gasteiger partial charge >= 0.3 is 0 Å². The molecule has 1 fully saturated rings. The molecule has 2 rings (SSSR count). The maximum Gasteiger partial charge on any atom is 0.235 e. The summed E-state index contributed by atoms with van der Waals surface area (Å²) in [5.74, 6) is 0.658. The Morgan fingerprint density at radius 2 is 2.29 bits per heavy atom. The first-order chi connectivity index (χ1) is 6.81. The normalized spacial score (nSPS) is 14.9. The largest absolute Gasteiger partial charge is 0.235 e. The monoisotopic (exact) mass is 207 g/mol. The van der Waals surface area contributed by atoms with Gasteiger partial charge in [-0.05, 0) is 36.0 Å². The van der Waals surface area contributed by atoms with Gasteiger partial charge in [0.15, 0.2) is 0 Å². The van der Waals surface area contributed by atoms with Crippen LogP contribution < -0.4 is 0 Å². The molecular formula is C11H10ClNO. The van der Waals surface area contributed by atoms with Crippen LogP contribution >= 0.6 is 11.6 Å². The molecule has 1 aromatic rings. The molecule has 1 aliphatic rings. The molecular weight excluding hydrogens is 198 g/mol. The van der Waals surface area contributed by atoms with E-state index < -0.39 is 0 Å². The summed E-state index contributed by atoms with van der Waals surface area (Å²) in [6.45, 7) is 0.369. The van der Waals surface area contributed by atoms with Gasteiger partial charge in [0.25, 0.3) is 0 Å². The van der Waals surface area contributed by atoms with Crippen molar-refractivity contribution >= 4 is 17.7 Å². The van der Waals surface area contributed by atoms with Crippen LogP contribution in [0.2, 0.25) is 5.02 Å². The van der Waals surface area contributed by atoms with Crippen LogP contribution in [0.3, 0.4) is 0 Å². The smallest absolute Gasteiger partial charge is 0.211 e. The summed E-state index contributed by atoms with van der Waals surface area (Å²) in [5, 5.41) is 0.797. The van der Waals surface area contributed by atoms with Gasteiger partial charge in [0.1, 0.15) is 0 Å². The summed E-state index contributed by atoms with van der Waals surface area (Å²) in [6, 6.07) is 5.89. The maximum atomic E-state index is 9.92. The van der Waals surface area contributed by atoms with Gasteiger partial charge in [-0.25, -0.2) is 9.79 Å². The van der Waals surface area contributed by atoms with Crippen molar-refractivity contribution in [2.45, 2.75) is 25.3 Å². The van der Waals surface area contributed by atoms with Gasteiger partial charge in [0.2, 0.25) is 6.08 Å². The van der Waals surface area contributed by atoms with Crippen molar-refractivity contribution in [1.29, 1.82) is 0 Å². The van der Waals surface area contributed by atoms with Gasteiger partial charge < -0.3 is 0 Å². The van der Waals surface area contributed by atoms with Crippen molar-refractivity contribution < 1.29 is 4.79 Å². The minimum absolute atomic E-state index is 0.369. The first-order valence-electron chi connectivity index (χ1n) is 4.63. The van der Waals surface area contributed by atoms with E-state index in [0.717, 1.165) is 10.6 Å². The Labute approximate surface area is 87.6 Å². The van der Waals surface area contributed by atoms with Crippen LogP contribution in [0.25, 0.3) is 0 Å². The van der Waals surface area contributed by atoms with Gasteiger partial charge in [-0.15, -0.1) is 0 Å². The van der Waals surface area contributed by atoms with Crippen LogP contribution in [0.1, 0.15) is 29.9 Å². The third-order valence-electron chi connectivity index (χ3n) is 2.41. The van der Waals surface area contributed by atoms with Gasteiger partial charge in [-0.1, -0.05) is 23.7 Å². The highest BCUT2D eigenvalue weighted by atomic mass is 35.5. The summed E-state index contributed by atoms with van der Waals surface area (Å²) in [6.07, 6.45) is 4.00. The molecule has 0 atom stereocenters. The lowest BCUT2D eigenvalue weighted by Gasteiger charge is -2.03. The predicted octanol–water partition coefficient (Wildman–Crippen LogP) is 3.05. The second-order valence-corrected chi connectivity index (χ2v) is 3.94. The van der Waals surface area contributed by atoms with Crippen LogP contribution in [-0.2, 0) is 11.3 Å². The molecule has 0 aromatic heterocycles. The second-order valence-electron chi connectivity index (χ2n) is 3.54. The number of hydrogen-bond donors (Lipinski definition) is 0. The lowest BCUT2D eigenvalue weighted by atomic mass is 10.1. The van der Waals surface area contributed by atoms with Crippen molar-refractivity contribution in [1.82, 2.24) is 0 Å². The molecule has 1 aromatic carbocycles. The first kappa shape index (κ1) is 9.45. The SMILES string of the molecule is O=C=NCc1ccc(C2CC2)c(Cl)c1. The van der Waals surface area contributed by atoms with E-state index >= 15 is 0 Å². The highest BCUT2D eigenvalue weighted by molar-refractivity contribution is 6.31. The van der Waals surface area contributed by atoms with E-state index in [1.165, 1.54) is 24.5 Å². The minimum atomic E-state index is 0.369. The molecule has 0 spiro atoms. The Bertz CT molecular complexity index is 392. The highest BCUT2D eigenvalue weighted by Gasteiger charge is 2.25. The van der Waals surface area contributed by atoms with E-state index in [1.54, 1.807) is 0 Å². The van der Waals surface area contributed by atoms with Crippen LogP contribution in [0, 0.1) is 0 Å². The molecule has 0 aliphatic heterocycles. The third-order valence-corrected chi connectivity index (χ3v) is 2.74. The fourth-order valence-corrected chi connectivity index (χ4v) is 1.88. The molecule has 0 bridgehead atoms. The van der Waals surface area contributed by atoms with Gasteiger partial charge in [-0.2, -0.15) is 0 Å². The Morgan fingerprint density at radius 3 is 2.86 bits per heavy atom. The van der Waals surface area contributed by atoms with Crippen LogP contribution in [0.15, 0.2) is 23.2 Å². The molecule has 0 saturated heterocycles. The lowest BCUT2D eigenvalue weighted by Crippen LogP contribution is -1.86. The van der Waals surface area contributed by atoms with Gasteiger partial charge in [0.05, 0.1) is 6.54 Å². The molecule has 0 N–H and O–H groups in total. The van der Waals surface area contributed by atoms with Crippen molar-refractivity contribution in [3.05, 3.63) is 34.3 Å². The molecule has 1 aliphatic carbocycles. The Kier molecular flexibility index (Phi) is 2.67. The van der Waals surface area contributed by atoms with Crippen LogP contribution in [-0.4, -0.2) is 6.08 Å². The van der Waals surface area contributed by atoms with Crippen LogP contribution in [0.5, 0.6) is 0 Å². The summed E-state index contributed by atoms with van der Waals surface area (Å²) < 4.78 is 0. The summed E-state index contributed by atoms with van der Waals surface area (Å²) in [7, 11) is 0. The number of isocyanates is 1. The molecule has 0 amide bonds. The molecule has 0 heterocycles. The second kappa shape index (κ2) is 3.95. The van der Waals surface area contributed by atoms with E-state index in [1.807, 2.05) is 18.2 Å². The fraction of sp³-hybridized carbons (Fsp3) is 0.364. The van der Waals surface area contributed by atoms with E-state index in [-0.39, 0.29) is 0 Å². The average Bonchev–Trinajstić information content (AvgIpc) is 2.98. The molecule has 3 heteroatoms. The Hall–Kier alpha value is -1.11. The van der Waals surface area contributed by atoms with E-state index in [2.05, 4.69) is 4.99 Å². The molecule has 1 saturated carbocycles. The van der Waals surface area contributed by atoms with E-state index in [4.69, 9.17) is 11.6 Å². The lowest BCUT2D eigenvalue weighted by molar-refractivity contribution is 0.563. The highest BCUT2D eigenvalue weighted by Crippen LogP contribution is 2.43. The summed E-state index contributed by atoms with van der Waals surface area (Å²) in [5.41, 5.74) is 2.19. The number of hydrogen-bond acceptors (Lipinski definition) is 2. The number of carbonyl (C=O) groups excluding carboxylic acids is 1. The Balaban J connectivity index is 2.20. The van der Waals surface area contributed by atoms with Gasteiger partial charge in [-0.3, -0.25) is 0 Å². The number of nitrogens with zero attached hydrogens (tertiary/aromatic N) is 1. The third kappa shape index (κ3) is 2.03. The Morgan fingerprint density at radius 1 is 1.50 bits per heavy atom. The average molecular weight is 208 g/mol. The minimum Gasteiger partial charge on any atom is -0.211 e. The topological polar surface area (TPSA) is 29.4 Å². The summed E-state index contributed by atoms with van der Waals surface area (Å²) in [4.78, 5) is 13.4. The van der Waals surface area contributed by atoms with Crippen molar-refractivity contribution in [3.8, 4) is 0 Å². The zero-order chi connectivity index (χ0) is 9.97. The number of rotatable bonds is 3. The number of halogens is 1. The predicted molar refractivity (Wildman–Crippen MR) is 55.3 cm³/mol. The molecule has 0 unspecified atom stereocenters. The fourth-order valence-electron chi connectivity index (χ4n) is 1.52. The molecule has 14 heavy (non-hydrogen) atoms. The number of aliphatic imine (C=N–C) groups is 1.